The van der Waals surface area contributed by atoms with Crippen LogP contribution >= 0.6 is 0 Å². The van der Waals surface area contributed by atoms with Crippen LogP contribution in [0.2, 0.25) is 0 Å². The van der Waals surface area contributed by atoms with E-state index < -0.39 is 0 Å². The average Bonchev–Trinajstić information content (AvgIpc) is 3.05. The van der Waals surface area contributed by atoms with Gasteiger partial charge in [0.2, 0.25) is 0 Å². The first-order chi connectivity index (χ1) is 20.2. The van der Waals surface area contributed by atoms with Crippen LogP contribution in [-0.2, 0) is 28.8 Å². The number of carbonyl (C=O) groups is 2. The second kappa shape index (κ2) is 17.5. The van der Waals surface area contributed by atoms with E-state index in [1.165, 1.54) is 42.1 Å². The predicted octanol–water partition coefficient (Wildman–Crippen LogP) is 7.45. The predicted molar refractivity (Wildman–Crippen MR) is 178 cm³/mol. The molecular formula is C38H51NO3. The van der Waals surface area contributed by atoms with Gasteiger partial charge >= 0.3 is 0 Å². The van der Waals surface area contributed by atoms with Gasteiger partial charge in [-0.2, -0.15) is 0 Å². The zero-order valence-corrected chi connectivity index (χ0v) is 26.9. The molecule has 4 heteroatoms. The van der Waals surface area contributed by atoms with E-state index in [0.29, 0.717) is 18.3 Å². The molecule has 0 spiro atoms. The fourth-order valence-electron chi connectivity index (χ4n) is 6.35. The number of carbonyl (C=O) groups excluding carboxylic acids is 2. The number of rotatable bonds is 3. The summed E-state index contributed by atoms with van der Waals surface area (Å²) >= 11 is 0. The highest BCUT2D eigenvalue weighted by Gasteiger charge is 2.35. The highest BCUT2D eigenvalue weighted by molar-refractivity contribution is 6.20. The Morgan fingerprint density at radius 3 is 2.10 bits per heavy atom. The molecule has 0 radical (unpaired) electrons. The van der Waals surface area contributed by atoms with Crippen molar-refractivity contribution in [3.63, 3.8) is 0 Å². The van der Waals surface area contributed by atoms with Crippen molar-refractivity contribution in [1.29, 1.82) is 0 Å². The molecule has 1 heterocycles. The van der Waals surface area contributed by atoms with Crippen LogP contribution in [0.3, 0.4) is 0 Å². The molecule has 2 aromatic rings. The second-order valence-electron chi connectivity index (χ2n) is 11.0. The van der Waals surface area contributed by atoms with Crippen LogP contribution in [-0.4, -0.2) is 31.3 Å². The summed E-state index contributed by atoms with van der Waals surface area (Å²) < 4.78 is 5.39. The maximum Gasteiger partial charge on any atom is 0.194 e. The second-order valence-corrected chi connectivity index (χ2v) is 11.0. The van der Waals surface area contributed by atoms with E-state index in [9.17, 15) is 9.59 Å². The molecule has 0 amide bonds. The molecule has 2 aliphatic carbocycles. The maximum atomic E-state index is 13.5. The van der Waals surface area contributed by atoms with Crippen molar-refractivity contribution in [1.82, 2.24) is 0 Å². The Kier molecular flexibility index (Phi) is 15.2. The highest BCUT2D eigenvalue weighted by Crippen LogP contribution is 2.44. The molecule has 2 aromatic carbocycles. The van der Waals surface area contributed by atoms with Gasteiger partial charge in [-0.25, -0.2) is 0 Å². The van der Waals surface area contributed by atoms with Crippen molar-refractivity contribution in [3.05, 3.63) is 74.8 Å². The van der Waals surface area contributed by atoms with Gasteiger partial charge in [0.25, 0.3) is 0 Å². The molecule has 4 nitrogen and oxygen atoms in total. The van der Waals surface area contributed by atoms with Gasteiger partial charge in [-0.05, 0) is 117 Å². The van der Waals surface area contributed by atoms with Crippen LogP contribution in [0.15, 0.2) is 24.8 Å². The van der Waals surface area contributed by atoms with E-state index in [1.807, 2.05) is 19.1 Å². The molecule has 5 rings (SSSR count). The van der Waals surface area contributed by atoms with Crippen molar-refractivity contribution in [3.8, 4) is 25.7 Å². The number of hydrogen-bond acceptors (Lipinski definition) is 4. The lowest BCUT2D eigenvalue weighted by molar-refractivity contribution is -0.122. The number of fused-ring (bicyclic) bond motifs is 3. The van der Waals surface area contributed by atoms with Gasteiger partial charge in [-0.3, -0.25) is 9.59 Å². The molecule has 3 aliphatic rings. The Morgan fingerprint density at radius 2 is 1.57 bits per heavy atom. The summed E-state index contributed by atoms with van der Waals surface area (Å²) in [5.74, 6) is 1.34. The standard InChI is InChI=1S/C26H28O2.C7H14O.2C2H2.CH5N/c1-6-17-9-8-10-20-24(17)16(5)23-14(3)19-12-11-18(22(27)7-2)13-21(19)15(4)25(23)26(20)28;1-6-3-4-7(2)8-5-6;3*1-2/h8-10,18H,5-7,11-13H2,1-4H3;6-7H,3-5H2,1-2H3;2*1-2H;2H2,1H3. The van der Waals surface area contributed by atoms with Crippen LogP contribution in [0.4, 0.5) is 0 Å². The monoisotopic (exact) mass is 569 g/mol. The topological polar surface area (TPSA) is 69.4 Å². The summed E-state index contributed by atoms with van der Waals surface area (Å²) in [7, 11) is 1.50. The molecule has 3 unspecified atom stereocenters. The number of hydrogen-bond donors (Lipinski definition) is 1. The van der Waals surface area contributed by atoms with Crippen molar-refractivity contribution < 1.29 is 14.3 Å². The Balaban J connectivity index is 0.000000530. The molecule has 0 aromatic heterocycles. The SMILES string of the molecule is C#C.C#C.C=C1c2c(CC)cccc2C(=O)c2c(C)c3c(c(C)c21)CCC(C(=O)CC)C3.CC1CCC(C)OC1.CN. The summed E-state index contributed by atoms with van der Waals surface area (Å²) in [5, 5.41) is 0. The molecule has 2 N–H and O–H groups in total. The van der Waals surface area contributed by atoms with Gasteiger partial charge < -0.3 is 10.5 Å². The zero-order valence-electron chi connectivity index (χ0n) is 26.9. The summed E-state index contributed by atoms with van der Waals surface area (Å²) in [4.78, 5) is 25.9. The number of aryl methyl sites for hydroxylation is 1. The van der Waals surface area contributed by atoms with Gasteiger partial charge in [0.1, 0.15) is 5.78 Å². The van der Waals surface area contributed by atoms with E-state index in [0.717, 1.165) is 71.6 Å². The molecule has 1 saturated heterocycles. The van der Waals surface area contributed by atoms with Crippen molar-refractivity contribution in [2.45, 2.75) is 92.6 Å². The van der Waals surface area contributed by atoms with Crippen LogP contribution in [0.25, 0.3) is 5.57 Å². The van der Waals surface area contributed by atoms with Crippen molar-refractivity contribution >= 4 is 17.1 Å². The maximum absolute atomic E-state index is 13.5. The summed E-state index contributed by atoms with van der Waals surface area (Å²) in [6, 6.07) is 6.01. The van der Waals surface area contributed by atoms with E-state index in [2.05, 4.69) is 78.7 Å². The number of ketones is 2. The molecule has 3 atom stereocenters. The number of nitrogens with two attached hydrogens (primary N) is 1. The largest absolute Gasteiger partial charge is 0.378 e. The van der Waals surface area contributed by atoms with Crippen molar-refractivity contribution in [2.75, 3.05) is 13.7 Å². The third-order valence-electron chi connectivity index (χ3n) is 8.60. The van der Waals surface area contributed by atoms with Gasteiger partial charge in [-0.15, -0.1) is 25.7 Å². The molecule has 1 aliphatic heterocycles. The van der Waals surface area contributed by atoms with E-state index in [-0.39, 0.29) is 11.7 Å². The quantitative estimate of drug-likeness (QED) is 0.333. The lowest BCUT2D eigenvalue weighted by atomic mass is 9.70. The number of ether oxygens (including phenoxy) is 1. The first-order valence-electron chi connectivity index (χ1n) is 15.1. The lowest BCUT2D eigenvalue weighted by Crippen LogP contribution is -2.27. The van der Waals surface area contributed by atoms with Crippen LogP contribution in [0, 0.1) is 51.4 Å². The number of Topliss-reactive ketones (excluding diaryl/α,β-unsaturated/α-hetero) is 1. The third kappa shape index (κ3) is 7.69. The van der Waals surface area contributed by atoms with E-state index in [1.54, 1.807) is 0 Å². The Hall–Kier alpha value is -3.44. The van der Waals surface area contributed by atoms with Crippen LogP contribution in [0.1, 0.15) is 108 Å². The third-order valence-corrected chi connectivity index (χ3v) is 8.60. The fraction of sp³-hybridized carbons (Fsp3) is 0.474. The molecular weight excluding hydrogens is 518 g/mol. The first-order valence-corrected chi connectivity index (χ1v) is 15.1. The lowest BCUT2D eigenvalue weighted by Gasteiger charge is -2.33. The molecule has 42 heavy (non-hydrogen) atoms. The number of benzene rings is 2. The van der Waals surface area contributed by atoms with Crippen molar-refractivity contribution in [2.24, 2.45) is 17.6 Å². The molecule has 0 bridgehead atoms. The average molecular weight is 570 g/mol. The van der Waals surface area contributed by atoms with Crippen LogP contribution in [0.5, 0.6) is 0 Å². The summed E-state index contributed by atoms with van der Waals surface area (Å²) in [5.41, 5.74) is 15.1. The van der Waals surface area contributed by atoms with Gasteiger partial charge in [-0.1, -0.05) is 45.5 Å². The normalized spacial score (nSPS) is 19.7. The number of terminal acetylenes is 2. The fourth-order valence-corrected chi connectivity index (χ4v) is 6.35. The molecule has 0 saturated carbocycles. The minimum absolute atomic E-state index is 0.0922. The minimum Gasteiger partial charge on any atom is -0.378 e. The first kappa shape index (κ1) is 36.6. The van der Waals surface area contributed by atoms with E-state index >= 15 is 0 Å². The highest BCUT2D eigenvalue weighted by atomic mass is 16.5. The zero-order chi connectivity index (χ0) is 32.1. The summed E-state index contributed by atoms with van der Waals surface area (Å²) in [6.07, 6.45) is 23.2. The van der Waals surface area contributed by atoms with Gasteiger partial charge in [0, 0.05) is 30.1 Å². The van der Waals surface area contributed by atoms with E-state index in [4.69, 9.17) is 4.74 Å². The smallest absolute Gasteiger partial charge is 0.194 e. The Bertz CT molecular complexity index is 1270. The Morgan fingerprint density at radius 1 is 0.952 bits per heavy atom. The minimum atomic E-state index is 0.0922. The molecule has 226 valence electrons. The molecule has 1 fully saturated rings. The van der Waals surface area contributed by atoms with Gasteiger partial charge in [0.15, 0.2) is 5.78 Å². The van der Waals surface area contributed by atoms with Crippen LogP contribution < -0.4 is 5.73 Å². The summed E-state index contributed by atoms with van der Waals surface area (Å²) in [6.45, 7) is 18.1. The Labute approximate surface area is 255 Å². The van der Waals surface area contributed by atoms with Gasteiger partial charge in [0.05, 0.1) is 6.10 Å².